The second kappa shape index (κ2) is 9.39. The Morgan fingerprint density at radius 2 is 1.82 bits per heavy atom. The second-order valence-corrected chi connectivity index (χ2v) is 11.3. The molecule has 1 aliphatic rings. The van der Waals surface area contributed by atoms with Crippen molar-refractivity contribution in [3.05, 3.63) is 40.2 Å². The maximum atomic E-state index is 12.5. The molecule has 1 aromatic heterocycles. The van der Waals surface area contributed by atoms with Gasteiger partial charge in [-0.15, -0.1) is 11.3 Å². The van der Waals surface area contributed by atoms with Gasteiger partial charge in [0.2, 0.25) is 15.9 Å². The van der Waals surface area contributed by atoms with Crippen LogP contribution in [0.3, 0.4) is 0 Å². The van der Waals surface area contributed by atoms with Crippen LogP contribution in [-0.4, -0.2) is 28.0 Å². The third-order valence-corrected chi connectivity index (χ3v) is 8.49. The normalized spacial score (nSPS) is 19.9. The van der Waals surface area contributed by atoms with Crippen molar-refractivity contribution in [1.82, 2.24) is 4.72 Å². The van der Waals surface area contributed by atoms with Crippen molar-refractivity contribution in [2.45, 2.75) is 29.9 Å². The van der Waals surface area contributed by atoms with Crippen molar-refractivity contribution >= 4 is 48.9 Å². The molecule has 0 unspecified atom stereocenters. The van der Waals surface area contributed by atoms with Crippen molar-refractivity contribution in [2.75, 3.05) is 19.0 Å². The Kier molecular flexibility index (Phi) is 7.14. The fourth-order valence-corrected chi connectivity index (χ4v) is 6.46. The van der Waals surface area contributed by atoms with Crippen molar-refractivity contribution in [1.29, 1.82) is 0 Å². The lowest BCUT2D eigenvalue weighted by Gasteiger charge is -2.27. The fraction of sp³-hybridized carbons (Fsp3) is 0.421. The molecular formula is C19H23BrN2O4S2. The zero-order valence-electron chi connectivity index (χ0n) is 15.5. The van der Waals surface area contributed by atoms with Gasteiger partial charge in [-0.05, 0) is 83.9 Å². The van der Waals surface area contributed by atoms with E-state index in [1.165, 1.54) is 11.3 Å². The molecule has 9 heteroatoms. The van der Waals surface area contributed by atoms with Gasteiger partial charge in [0.25, 0.3) is 0 Å². The molecule has 1 amide bonds. The minimum Gasteiger partial charge on any atom is -0.497 e. The van der Waals surface area contributed by atoms with Gasteiger partial charge in [0, 0.05) is 18.2 Å². The Labute approximate surface area is 177 Å². The quantitative estimate of drug-likeness (QED) is 0.612. The van der Waals surface area contributed by atoms with E-state index >= 15 is 0 Å². The minimum absolute atomic E-state index is 0.0210. The van der Waals surface area contributed by atoms with Crippen LogP contribution >= 0.6 is 27.3 Å². The number of amides is 1. The van der Waals surface area contributed by atoms with Crippen molar-refractivity contribution in [3.63, 3.8) is 0 Å². The van der Waals surface area contributed by atoms with Crippen molar-refractivity contribution in [3.8, 4) is 5.75 Å². The maximum absolute atomic E-state index is 12.5. The molecule has 1 fully saturated rings. The summed E-state index contributed by atoms with van der Waals surface area (Å²) in [5, 5.41) is 2.95. The van der Waals surface area contributed by atoms with Crippen LogP contribution in [0.25, 0.3) is 0 Å². The third kappa shape index (κ3) is 5.56. The first kappa shape index (κ1) is 21.3. The van der Waals surface area contributed by atoms with Gasteiger partial charge in [-0.25, -0.2) is 13.1 Å². The van der Waals surface area contributed by atoms with Gasteiger partial charge in [0.1, 0.15) is 9.96 Å². The van der Waals surface area contributed by atoms with E-state index in [4.69, 9.17) is 4.74 Å². The molecule has 0 bridgehead atoms. The molecule has 0 saturated heterocycles. The molecular weight excluding hydrogens is 464 g/mol. The molecule has 0 radical (unpaired) electrons. The summed E-state index contributed by atoms with van der Waals surface area (Å²) >= 11 is 4.48. The van der Waals surface area contributed by atoms with Gasteiger partial charge in [0.05, 0.1) is 10.9 Å². The number of anilines is 1. The molecule has 152 valence electrons. The van der Waals surface area contributed by atoms with E-state index in [1.54, 1.807) is 19.2 Å². The Hall–Kier alpha value is -1.42. The van der Waals surface area contributed by atoms with Gasteiger partial charge in [0.15, 0.2) is 0 Å². The van der Waals surface area contributed by atoms with Gasteiger partial charge < -0.3 is 10.1 Å². The molecule has 2 N–H and O–H groups in total. The number of hydrogen-bond acceptors (Lipinski definition) is 5. The first-order valence-electron chi connectivity index (χ1n) is 9.07. The summed E-state index contributed by atoms with van der Waals surface area (Å²) < 4.78 is 33.5. The number of carbonyl (C=O) groups excluding carboxylic acids is 1. The van der Waals surface area contributed by atoms with Crippen molar-refractivity contribution < 1.29 is 17.9 Å². The van der Waals surface area contributed by atoms with Crippen LogP contribution in [0, 0.1) is 11.8 Å². The number of sulfonamides is 1. The number of methoxy groups -OCH3 is 1. The Balaban J connectivity index is 1.45. The number of carbonyl (C=O) groups is 1. The summed E-state index contributed by atoms with van der Waals surface area (Å²) in [5.41, 5.74) is 0.753. The summed E-state index contributed by atoms with van der Waals surface area (Å²) in [7, 11) is -1.86. The van der Waals surface area contributed by atoms with Gasteiger partial charge in [-0.2, -0.15) is 0 Å². The largest absolute Gasteiger partial charge is 0.497 e. The highest BCUT2D eigenvalue weighted by molar-refractivity contribution is 9.11. The van der Waals surface area contributed by atoms with Crippen LogP contribution in [0.1, 0.15) is 25.7 Å². The average molecular weight is 487 g/mol. The molecule has 0 atom stereocenters. The smallest absolute Gasteiger partial charge is 0.250 e. The van der Waals surface area contributed by atoms with Gasteiger partial charge >= 0.3 is 0 Å². The summed E-state index contributed by atoms with van der Waals surface area (Å²) in [4.78, 5) is 12.5. The highest BCUT2D eigenvalue weighted by Crippen LogP contribution is 2.30. The highest BCUT2D eigenvalue weighted by atomic mass is 79.9. The van der Waals surface area contributed by atoms with E-state index in [-0.39, 0.29) is 17.7 Å². The Morgan fingerprint density at radius 3 is 2.39 bits per heavy atom. The number of benzene rings is 1. The zero-order valence-corrected chi connectivity index (χ0v) is 18.7. The van der Waals surface area contributed by atoms with Crippen LogP contribution in [-0.2, 0) is 14.8 Å². The summed E-state index contributed by atoms with van der Waals surface area (Å²) in [6.07, 6.45) is 3.19. The fourth-order valence-electron chi connectivity index (χ4n) is 3.29. The average Bonchev–Trinajstić information content (AvgIpc) is 3.15. The first-order chi connectivity index (χ1) is 13.4. The molecule has 1 aliphatic carbocycles. The van der Waals surface area contributed by atoms with Crippen molar-refractivity contribution in [2.24, 2.45) is 11.8 Å². The summed E-state index contributed by atoms with van der Waals surface area (Å²) in [5.74, 6) is 0.981. The van der Waals surface area contributed by atoms with Gasteiger partial charge in [-0.3, -0.25) is 4.79 Å². The SMILES string of the molecule is COc1ccc(NC(=O)C2CCC(CNS(=O)(=O)c3ccc(Br)s3)CC2)cc1. The topological polar surface area (TPSA) is 84.5 Å². The van der Waals surface area contributed by atoms with Crippen LogP contribution < -0.4 is 14.8 Å². The minimum atomic E-state index is -3.47. The number of halogens is 1. The van der Waals surface area contributed by atoms with E-state index in [0.717, 1.165) is 40.9 Å². The molecule has 1 saturated carbocycles. The standard InChI is InChI=1S/C19H23BrN2O4S2/c1-26-16-8-6-15(7-9-16)22-19(23)14-4-2-13(3-5-14)12-21-28(24,25)18-11-10-17(20)27-18/h6-11,13-14,21H,2-5,12H2,1H3,(H,22,23). The summed E-state index contributed by atoms with van der Waals surface area (Å²) in [6, 6.07) is 10.6. The van der Waals surface area contributed by atoms with Gasteiger partial charge in [-0.1, -0.05) is 0 Å². The molecule has 2 aromatic rings. The maximum Gasteiger partial charge on any atom is 0.250 e. The predicted molar refractivity (Wildman–Crippen MR) is 114 cm³/mol. The monoisotopic (exact) mass is 486 g/mol. The molecule has 0 spiro atoms. The second-order valence-electron chi connectivity index (χ2n) is 6.85. The van der Waals surface area contributed by atoms with Crippen LogP contribution in [0.4, 0.5) is 5.69 Å². The summed E-state index contributed by atoms with van der Waals surface area (Å²) in [6.45, 7) is 0.407. The Bertz CT molecular complexity index is 904. The van der Waals surface area contributed by atoms with Crippen LogP contribution in [0.5, 0.6) is 5.75 Å². The zero-order chi connectivity index (χ0) is 20.1. The van der Waals surface area contributed by atoms with E-state index < -0.39 is 10.0 Å². The van der Waals surface area contributed by atoms with E-state index in [2.05, 4.69) is 26.0 Å². The number of thiophene rings is 1. The lowest BCUT2D eigenvalue weighted by Crippen LogP contribution is -2.33. The molecule has 28 heavy (non-hydrogen) atoms. The number of nitrogens with one attached hydrogen (secondary N) is 2. The van der Waals surface area contributed by atoms with Crippen LogP contribution in [0.15, 0.2) is 44.4 Å². The van der Waals surface area contributed by atoms with E-state index in [1.807, 2.05) is 24.3 Å². The predicted octanol–water partition coefficient (Wildman–Crippen LogP) is 4.24. The number of ether oxygens (including phenoxy) is 1. The lowest BCUT2D eigenvalue weighted by atomic mass is 9.81. The molecule has 1 aromatic carbocycles. The number of hydrogen-bond donors (Lipinski definition) is 2. The van der Waals surface area contributed by atoms with Crippen LogP contribution in [0.2, 0.25) is 0 Å². The molecule has 6 nitrogen and oxygen atoms in total. The number of rotatable bonds is 7. The highest BCUT2D eigenvalue weighted by Gasteiger charge is 2.27. The Morgan fingerprint density at radius 1 is 1.14 bits per heavy atom. The molecule has 0 aliphatic heterocycles. The lowest BCUT2D eigenvalue weighted by molar-refractivity contribution is -0.121. The molecule has 3 rings (SSSR count). The third-order valence-electron chi connectivity index (χ3n) is 4.95. The van der Waals surface area contributed by atoms with E-state index in [0.29, 0.717) is 10.8 Å². The first-order valence-corrected chi connectivity index (χ1v) is 12.2. The van der Waals surface area contributed by atoms with E-state index in [9.17, 15) is 13.2 Å². The molecule has 1 heterocycles.